The van der Waals surface area contributed by atoms with Crippen molar-refractivity contribution >= 4 is 11.8 Å². The third-order valence-electron chi connectivity index (χ3n) is 4.42. The van der Waals surface area contributed by atoms with Crippen molar-refractivity contribution < 1.29 is 14.0 Å². The van der Waals surface area contributed by atoms with Gasteiger partial charge in [0.1, 0.15) is 5.82 Å². The van der Waals surface area contributed by atoms with Crippen molar-refractivity contribution in [3.63, 3.8) is 0 Å². The van der Waals surface area contributed by atoms with Crippen LogP contribution in [0, 0.1) is 5.82 Å². The summed E-state index contributed by atoms with van der Waals surface area (Å²) in [6.07, 6.45) is 5.52. The number of piperidine rings is 1. The molecule has 0 aromatic heterocycles. The van der Waals surface area contributed by atoms with E-state index in [1.54, 1.807) is 21.9 Å². The monoisotopic (exact) mass is 334 g/mol. The molecule has 0 spiro atoms. The Morgan fingerprint density at radius 1 is 1.21 bits per heavy atom. The van der Waals surface area contributed by atoms with Crippen LogP contribution in [0.5, 0.6) is 0 Å². The first kappa shape index (κ1) is 18.4. The van der Waals surface area contributed by atoms with Crippen LogP contribution in [-0.2, 0) is 16.1 Å². The molecule has 0 atom stereocenters. The maximum atomic E-state index is 13.1. The van der Waals surface area contributed by atoms with Gasteiger partial charge in [-0.2, -0.15) is 0 Å². The number of hydrogen-bond acceptors (Lipinski definition) is 2. The fraction of sp³-hybridized carbons (Fsp3) is 0.579. The van der Waals surface area contributed by atoms with Crippen LogP contribution < -0.4 is 0 Å². The lowest BCUT2D eigenvalue weighted by molar-refractivity contribution is -0.142. The van der Waals surface area contributed by atoms with Crippen LogP contribution in [0.15, 0.2) is 24.3 Å². The summed E-state index contributed by atoms with van der Waals surface area (Å²) < 4.78 is 13.1. The van der Waals surface area contributed by atoms with E-state index in [0.29, 0.717) is 26.1 Å². The molecule has 1 heterocycles. The molecule has 0 saturated carbocycles. The zero-order valence-corrected chi connectivity index (χ0v) is 14.5. The molecule has 1 aliphatic heterocycles. The summed E-state index contributed by atoms with van der Waals surface area (Å²) in [7, 11) is 0. The Labute approximate surface area is 143 Å². The summed E-state index contributed by atoms with van der Waals surface area (Å²) in [6.45, 7) is 4.09. The molecule has 2 rings (SSSR count). The fourth-order valence-electron chi connectivity index (χ4n) is 2.95. The smallest absolute Gasteiger partial charge is 0.242 e. The highest BCUT2D eigenvalue weighted by atomic mass is 19.1. The Balaban J connectivity index is 1.98. The van der Waals surface area contributed by atoms with Gasteiger partial charge >= 0.3 is 0 Å². The lowest BCUT2D eigenvalue weighted by Gasteiger charge is -2.30. The Morgan fingerprint density at radius 2 is 1.96 bits per heavy atom. The van der Waals surface area contributed by atoms with Crippen LogP contribution in [0.3, 0.4) is 0 Å². The van der Waals surface area contributed by atoms with E-state index in [1.165, 1.54) is 12.1 Å². The minimum Gasteiger partial charge on any atom is -0.337 e. The predicted octanol–water partition coefficient (Wildman–Crippen LogP) is 3.36. The molecule has 0 unspecified atom stereocenters. The number of nitrogens with zero attached hydrogens (tertiary/aromatic N) is 2. The summed E-state index contributed by atoms with van der Waals surface area (Å²) >= 11 is 0. The highest BCUT2D eigenvalue weighted by molar-refractivity contribution is 5.85. The van der Waals surface area contributed by atoms with Gasteiger partial charge in [-0.1, -0.05) is 31.9 Å². The van der Waals surface area contributed by atoms with Gasteiger partial charge in [0.25, 0.3) is 0 Å². The number of carbonyl (C=O) groups is 2. The molecular weight excluding hydrogens is 307 g/mol. The van der Waals surface area contributed by atoms with Crippen LogP contribution in [0.2, 0.25) is 0 Å². The SMILES string of the molecule is CCCCCN(Cc1ccc(F)cc1)C(=O)CN1CCCCC1=O. The minimum atomic E-state index is -0.276. The molecule has 0 radical (unpaired) electrons. The van der Waals surface area contributed by atoms with E-state index in [-0.39, 0.29) is 24.2 Å². The van der Waals surface area contributed by atoms with E-state index in [4.69, 9.17) is 0 Å². The normalized spacial score (nSPS) is 14.8. The standard InChI is InChI=1S/C19H27FN2O2/c1-2-3-5-12-21(14-16-8-10-17(20)11-9-16)19(24)15-22-13-6-4-7-18(22)23/h8-11H,2-7,12-15H2,1H3. The second-order valence-electron chi connectivity index (χ2n) is 6.42. The van der Waals surface area contributed by atoms with Crippen molar-refractivity contribution in [1.82, 2.24) is 9.80 Å². The summed E-state index contributed by atoms with van der Waals surface area (Å²) in [5.41, 5.74) is 0.909. The summed E-state index contributed by atoms with van der Waals surface area (Å²) in [5, 5.41) is 0. The molecule has 1 aromatic carbocycles. The molecule has 1 saturated heterocycles. The van der Waals surface area contributed by atoms with Gasteiger partial charge in [-0.15, -0.1) is 0 Å². The molecule has 0 N–H and O–H groups in total. The number of amides is 2. The van der Waals surface area contributed by atoms with Crippen molar-refractivity contribution in [3.8, 4) is 0 Å². The first-order valence-corrected chi connectivity index (χ1v) is 8.90. The lowest BCUT2D eigenvalue weighted by atomic mass is 10.1. The third kappa shape index (κ3) is 5.62. The van der Waals surface area contributed by atoms with E-state index >= 15 is 0 Å². The molecule has 1 fully saturated rings. The van der Waals surface area contributed by atoms with Crippen LogP contribution >= 0.6 is 0 Å². The quantitative estimate of drug-likeness (QED) is 0.684. The molecule has 132 valence electrons. The summed E-state index contributed by atoms with van der Waals surface area (Å²) in [6, 6.07) is 6.25. The van der Waals surface area contributed by atoms with Crippen LogP contribution in [-0.4, -0.2) is 41.2 Å². The third-order valence-corrected chi connectivity index (χ3v) is 4.42. The number of halogens is 1. The average Bonchev–Trinajstić information content (AvgIpc) is 2.58. The highest BCUT2D eigenvalue weighted by Crippen LogP contribution is 2.13. The van der Waals surface area contributed by atoms with Gasteiger partial charge in [-0.3, -0.25) is 9.59 Å². The molecule has 0 bridgehead atoms. The van der Waals surface area contributed by atoms with E-state index in [9.17, 15) is 14.0 Å². The molecular formula is C19H27FN2O2. The predicted molar refractivity (Wildman–Crippen MR) is 91.8 cm³/mol. The Hall–Kier alpha value is -1.91. The van der Waals surface area contributed by atoms with E-state index in [2.05, 4.69) is 6.92 Å². The maximum absolute atomic E-state index is 13.1. The van der Waals surface area contributed by atoms with Crippen LogP contribution in [0.25, 0.3) is 0 Å². The topological polar surface area (TPSA) is 40.6 Å². The molecule has 5 heteroatoms. The number of hydrogen-bond donors (Lipinski definition) is 0. The summed E-state index contributed by atoms with van der Waals surface area (Å²) in [4.78, 5) is 28.1. The molecule has 4 nitrogen and oxygen atoms in total. The number of carbonyl (C=O) groups excluding carboxylic acids is 2. The zero-order chi connectivity index (χ0) is 17.4. The minimum absolute atomic E-state index is 0.0225. The number of benzene rings is 1. The van der Waals surface area contributed by atoms with E-state index in [0.717, 1.165) is 37.7 Å². The average molecular weight is 334 g/mol. The van der Waals surface area contributed by atoms with Crippen LogP contribution in [0.1, 0.15) is 51.0 Å². The molecule has 1 aromatic rings. The van der Waals surface area contributed by atoms with E-state index in [1.807, 2.05) is 0 Å². The van der Waals surface area contributed by atoms with Crippen molar-refractivity contribution in [3.05, 3.63) is 35.6 Å². The number of likely N-dealkylation sites (tertiary alicyclic amines) is 1. The largest absolute Gasteiger partial charge is 0.337 e. The summed E-state index contributed by atoms with van der Waals surface area (Å²) in [5.74, 6) is -0.225. The molecule has 1 aliphatic rings. The molecule has 2 amide bonds. The first-order chi connectivity index (χ1) is 11.6. The lowest BCUT2D eigenvalue weighted by Crippen LogP contribution is -2.44. The Morgan fingerprint density at radius 3 is 2.62 bits per heavy atom. The highest BCUT2D eigenvalue weighted by Gasteiger charge is 2.23. The Kier molecular flexibility index (Phi) is 7.22. The van der Waals surface area contributed by atoms with Crippen molar-refractivity contribution in [2.75, 3.05) is 19.6 Å². The molecule has 0 aliphatic carbocycles. The van der Waals surface area contributed by atoms with E-state index < -0.39 is 0 Å². The first-order valence-electron chi connectivity index (χ1n) is 8.90. The van der Waals surface area contributed by atoms with Crippen molar-refractivity contribution in [2.24, 2.45) is 0 Å². The van der Waals surface area contributed by atoms with Gasteiger partial charge in [0.15, 0.2) is 0 Å². The van der Waals surface area contributed by atoms with Gasteiger partial charge in [0.05, 0.1) is 6.54 Å². The number of rotatable bonds is 8. The Bertz CT molecular complexity index is 545. The maximum Gasteiger partial charge on any atom is 0.242 e. The van der Waals surface area contributed by atoms with Gasteiger partial charge in [-0.05, 0) is 37.0 Å². The number of unbranched alkanes of at least 4 members (excludes halogenated alkanes) is 2. The van der Waals surface area contributed by atoms with Crippen LogP contribution in [0.4, 0.5) is 4.39 Å². The van der Waals surface area contributed by atoms with Crippen molar-refractivity contribution in [2.45, 2.75) is 52.0 Å². The van der Waals surface area contributed by atoms with Gasteiger partial charge in [0.2, 0.25) is 11.8 Å². The van der Waals surface area contributed by atoms with Gasteiger partial charge in [-0.25, -0.2) is 4.39 Å². The van der Waals surface area contributed by atoms with Gasteiger partial charge < -0.3 is 9.80 Å². The zero-order valence-electron chi connectivity index (χ0n) is 14.5. The fourth-order valence-corrected chi connectivity index (χ4v) is 2.95. The molecule has 24 heavy (non-hydrogen) atoms. The van der Waals surface area contributed by atoms with Crippen molar-refractivity contribution in [1.29, 1.82) is 0 Å². The second-order valence-corrected chi connectivity index (χ2v) is 6.42. The second kappa shape index (κ2) is 9.40. The van der Waals surface area contributed by atoms with Gasteiger partial charge in [0, 0.05) is 26.1 Å².